The fourth-order valence-corrected chi connectivity index (χ4v) is 3.12. The van der Waals surface area contributed by atoms with Crippen molar-refractivity contribution >= 4 is 11.6 Å². The largest absolute Gasteiger partial charge is 0.364 e. The summed E-state index contributed by atoms with van der Waals surface area (Å²) in [5.74, 6) is 0.0911. The highest BCUT2D eigenvalue weighted by atomic mass is 16.5. The second kappa shape index (κ2) is 4.94. The average Bonchev–Trinajstić information content (AvgIpc) is 3.01. The Balaban J connectivity index is 1.81. The maximum atomic E-state index is 12.6. The highest BCUT2D eigenvalue weighted by Gasteiger charge is 2.38. The SMILES string of the molecule is CC1Cc2ccccc2N1C(=O)C1CCC(CN)O1. The first-order valence-corrected chi connectivity index (χ1v) is 6.97. The Morgan fingerprint density at radius 3 is 2.95 bits per heavy atom. The number of hydrogen-bond acceptors (Lipinski definition) is 3. The lowest BCUT2D eigenvalue weighted by Gasteiger charge is -2.25. The van der Waals surface area contributed by atoms with Crippen LogP contribution in [0, 0.1) is 0 Å². The molecule has 0 aliphatic carbocycles. The van der Waals surface area contributed by atoms with Gasteiger partial charge < -0.3 is 15.4 Å². The van der Waals surface area contributed by atoms with Crippen LogP contribution in [0.4, 0.5) is 5.69 Å². The first kappa shape index (κ1) is 12.6. The normalized spacial score (nSPS) is 29.6. The number of fused-ring (bicyclic) bond motifs is 1. The van der Waals surface area contributed by atoms with Gasteiger partial charge >= 0.3 is 0 Å². The van der Waals surface area contributed by atoms with Crippen molar-refractivity contribution in [3.8, 4) is 0 Å². The van der Waals surface area contributed by atoms with Crippen LogP contribution in [0.3, 0.4) is 0 Å². The van der Waals surface area contributed by atoms with Gasteiger partial charge in [-0.25, -0.2) is 0 Å². The molecule has 3 unspecified atom stereocenters. The van der Waals surface area contributed by atoms with Gasteiger partial charge in [-0.3, -0.25) is 4.79 Å². The molecule has 0 bridgehead atoms. The van der Waals surface area contributed by atoms with Gasteiger partial charge in [0.15, 0.2) is 0 Å². The third-order valence-electron chi connectivity index (χ3n) is 4.09. The van der Waals surface area contributed by atoms with E-state index in [2.05, 4.69) is 13.0 Å². The van der Waals surface area contributed by atoms with E-state index in [4.69, 9.17) is 10.5 Å². The molecule has 4 nitrogen and oxygen atoms in total. The Bertz CT molecular complexity index is 489. The van der Waals surface area contributed by atoms with Crippen LogP contribution in [0.15, 0.2) is 24.3 Å². The van der Waals surface area contributed by atoms with Crippen molar-refractivity contribution < 1.29 is 9.53 Å². The van der Waals surface area contributed by atoms with Gasteiger partial charge in [0.05, 0.1) is 6.10 Å². The van der Waals surface area contributed by atoms with Crippen LogP contribution in [0.25, 0.3) is 0 Å². The van der Waals surface area contributed by atoms with Crippen molar-refractivity contribution in [2.24, 2.45) is 5.73 Å². The maximum absolute atomic E-state index is 12.6. The van der Waals surface area contributed by atoms with Crippen LogP contribution in [0.1, 0.15) is 25.3 Å². The van der Waals surface area contributed by atoms with Gasteiger partial charge in [-0.2, -0.15) is 0 Å². The summed E-state index contributed by atoms with van der Waals surface area (Å²) in [6.45, 7) is 2.59. The molecule has 0 aromatic heterocycles. The zero-order valence-corrected chi connectivity index (χ0v) is 11.2. The minimum Gasteiger partial charge on any atom is -0.364 e. The van der Waals surface area contributed by atoms with Crippen LogP contribution in [-0.4, -0.2) is 30.7 Å². The van der Waals surface area contributed by atoms with E-state index in [1.165, 1.54) is 5.56 Å². The topological polar surface area (TPSA) is 55.6 Å². The lowest BCUT2D eigenvalue weighted by molar-refractivity contribution is -0.129. The summed E-state index contributed by atoms with van der Waals surface area (Å²) < 4.78 is 5.73. The Hall–Kier alpha value is -1.39. The van der Waals surface area contributed by atoms with Gasteiger partial charge in [0, 0.05) is 18.3 Å². The van der Waals surface area contributed by atoms with Gasteiger partial charge in [-0.05, 0) is 37.8 Å². The summed E-state index contributed by atoms with van der Waals surface area (Å²) in [5, 5.41) is 0. The highest BCUT2D eigenvalue weighted by molar-refractivity contribution is 5.99. The molecule has 2 aliphatic heterocycles. The number of ether oxygens (including phenoxy) is 1. The number of hydrogen-bond donors (Lipinski definition) is 1. The van der Waals surface area contributed by atoms with Gasteiger partial charge in [-0.15, -0.1) is 0 Å². The molecule has 2 aliphatic rings. The van der Waals surface area contributed by atoms with Crippen LogP contribution >= 0.6 is 0 Å². The van der Waals surface area contributed by atoms with E-state index in [1.54, 1.807) is 0 Å². The Labute approximate surface area is 113 Å². The number of carbonyl (C=O) groups is 1. The summed E-state index contributed by atoms with van der Waals surface area (Å²) in [6, 6.07) is 8.33. The van der Waals surface area contributed by atoms with E-state index in [1.807, 2.05) is 23.1 Å². The van der Waals surface area contributed by atoms with Crippen molar-refractivity contribution in [3.05, 3.63) is 29.8 Å². The van der Waals surface area contributed by atoms with Gasteiger partial charge in [0.2, 0.25) is 0 Å². The smallest absolute Gasteiger partial charge is 0.256 e. The molecule has 2 heterocycles. The molecule has 1 aromatic carbocycles. The summed E-state index contributed by atoms with van der Waals surface area (Å²) in [7, 11) is 0. The first-order chi connectivity index (χ1) is 9.20. The van der Waals surface area contributed by atoms with Gasteiger partial charge in [-0.1, -0.05) is 18.2 Å². The number of amides is 1. The third-order valence-corrected chi connectivity index (χ3v) is 4.09. The number of rotatable bonds is 2. The molecular weight excluding hydrogens is 240 g/mol. The first-order valence-electron chi connectivity index (χ1n) is 6.97. The van der Waals surface area contributed by atoms with E-state index in [9.17, 15) is 4.79 Å². The molecule has 2 N–H and O–H groups in total. The molecule has 1 aromatic rings. The minimum atomic E-state index is -0.317. The maximum Gasteiger partial charge on any atom is 0.256 e. The number of anilines is 1. The van der Waals surface area contributed by atoms with Gasteiger partial charge in [0.1, 0.15) is 6.10 Å². The monoisotopic (exact) mass is 260 g/mol. The van der Waals surface area contributed by atoms with E-state index in [0.717, 1.165) is 24.9 Å². The number of para-hydroxylation sites is 1. The molecule has 102 valence electrons. The quantitative estimate of drug-likeness (QED) is 0.876. The number of benzene rings is 1. The number of nitrogens with zero attached hydrogens (tertiary/aromatic N) is 1. The molecule has 3 rings (SSSR count). The van der Waals surface area contributed by atoms with Crippen molar-refractivity contribution in [1.82, 2.24) is 0 Å². The second-order valence-electron chi connectivity index (χ2n) is 5.45. The van der Waals surface area contributed by atoms with Gasteiger partial charge in [0.25, 0.3) is 5.91 Å². The minimum absolute atomic E-state index is 0.0436. The fraction of sp³-hybridized carbons (Fsp3) is 0.533. The molecule has 1 amide bonds. The zero-order chi connectivity index (χ0) is 13.4. The summed E-state index contributed by atoms with van der Waals surface area (Å²) in [5.41, 5.74) is 7.89. The Morgan fingerprint density at radius 2 is 2.21 bits per heavy atom. The molecule has 19 heavy (non-hydrogen) atoms. The standard InChI is InChI=1S/C15H20N2O2/c1-10-8-11-4-2-3-5-13(11)17(10)15(18)14-7-6-12(9-16)19-14/h2-5,10,12,14H,6-9,16H2,1H3. The molecule has 0 saturated carbocycles. The lowest BCUT2D eigenvalue weighted by atomic mass is 10.1. The predicted molar refractivity (Wildman–Crippen MR) is 74.0 cm³/mol. The fourth-order valence-electron chi connectivity index (χ4n) is 3.12. The molecule has 4 heteroatoms. The highest BCUT2D eigenvalue weighted by Crippen LogP contribution is 2.34. The summed E-state index contributed by atoms with van der Waals surface area (Å²) in [4.78, 5) is 14.5. The summed E-state index contributed by atoms with van der Waals surface area (Å²) >= 11 is 0. The van der Waals surface area contributed by atoms with Crippen LogP contribution in [-0.2, 0) is 16.0 Å². The molecule has 1 saturated heterocycles. The lowest BCUT2D eigenvalue weighted by Crippen LogP contribution is -2.43. The van der Waals surface area contributed by atoms with Crippen LogP contribution in [0.2, 0.25) is 0 Å². The van der Waals surface area contributed by atoms with Crippen LogP contribution < -0.4 is 10.6 Å². The predicted octanol–water partition coefficient (Wildman–Crippen LogP) is 1.47. The Kier molecular flexibility index (Phi) is 3.29. The molecule has 1 fully saturated rings. The molecule has 0 spiro atoms. The van der Waals surface area contributed by atoms with E-state index >= 15 is 0 Å². The molecule has 0 radical (unpaired) electrons. The van der Waals surface area contributed by atoms with Crippen LogP contribution in [0.5, 0.6) is 0 Å². The Morgan fingerprint density at radius 1 is 1.42 bits per heavy atom. The van der Waals surface area contributed by atoms with Crippen molar-refractivity contribution in [2.75, 3.05) is 11.4 Å². The average molecular weight is 260 g/mol. The van der Waals surface area contributed by atoms with Crippen molar-refractivity contribution in [3.63, 3.8) is 0 Å². The molecular formula is C15H20N2O2. The number of nitrogens with two attached hydrogens (primary N) is 1. The second-order valence-corrected chi connectivity index (χ2v) is 5.45. The van der Waals surface area contributed by atoms with Crippen molar-refractivity contribution in [1.29, 1.82) is 0 Å². The molecule has 3 atom stereocenters. The third kappa shape index (κ3) is 2.15. The number of carbonyl (C=O) groups excluding carboxylic acids is 1. The zero-order valence-electron chi connectivity index (χ0n) is 11.2. The van der Waals surface area contributed by atoms with E-state index in [0.29, 0.717) is 6.54 Å². The van der Waals surface area contributed by atoms with E-state index in [-0.39, 0.29) is 24.2 Å². The van der Waals surface area contributed by atoms with E-state index < -0.39 is 0 Å². The van der Waals surface area contributed by atoms with Crippen molar-refractivity contribution in [2.45, 2.75) is 44.4 Å². The summed E-state index contributed by atoms with van der Waals surface area (Å²) in [6.07, 6.45) is 2.32.